The zero-order chi connectivity index (χ0) is 18.0. The van der Waals surface area contributed by atoms with E-state index in [0.29, 0.717) is 13.2 Å². The zero-order valence-electron chi connectivity index (χ0n) is 14.7. The minimum atomic E-state index is 0.0696. The maximum atomic E-state index is 12.3. The molecule has 2 aromatic rings. The number of nitrogens with one attached hydrogen (secondary N) is 1. The predicted molar refractivity (Wildman–Crippen MR) is 97.3 cm³/mol. The summed E-state index contributed by atoms with van der Waals surface area (Å²) >= 11 is 1.61. The number of likely N-dealkylation sites (tertiary alicyclic amines) is 1. The van der Waals surface area contributed by atoms with Crippen LogP contribution in [0.1, 0.15) is 25.3 Å². The van der Waals surface area contributed by atoms with Crippen molar-refractivity contribution in [2.45, 2.75) is 31.2 Å². The molecule has 2 aliphatic heterocycles. The first-order chi connectivity index (χ1) is 12.6. The smallest absolute Gasteiger partial charge is 0.231 e. The Morgan fingerprint density at radius 2 is 2.23 bits per heavy atom. The number of piperidine rings is 1. The molecule has 0 spiro atoms. The van der Waals surface area contributed by atoms with Crippen molar-refractivity contribution in [3.63, 3.8) is 0 Å². The molecule has 1 amide bonds. The second-order valence-corrected chi connectivity index (χ2v) is 8.26. The molecule has 26 heavy (non-hydrogen) atoms. The number of hydrogen-bond acceptors (Lipinski definition) is 6. The molecule has 1 saturated heterocycles. The fourth-order valence-corrected chi connectivity index (χ4v) is 4.36. The molecule has 0 unspecified atom stereocenters. The lowest BCUT2D eigenvalue weighted by Crippen LogP contribution is -2.47. The number of H-pyrrole nitrogens is 1. The molecule has 7 nitrogen and oxygen atoms in total. The molecule has 1 atom stereocenters. The molecule has 1 aromatic carbocycles. The van der Waals surface area contributed by atoms with Crippen LogP contribution in [0.25, 0.3) is 0 Å². The van der Waals surface area contributed by atoms with E-state index in [1.54, 1.807) is 18.0 Å². The molecule has 1 fully saturated rings. The van der Waals surface area contributed by atoms with Crippen LogP contribution in [0.4, 0.5) is 0 Å². The Morgan fingerprint density at radius 3 is 3.08 bits per heavy atom. The van der Waals surface area contributed by atoms with E-state index in [2.05, 4.69) is 34.5 Å². The molecule has 0 radical (unpaired) electrons. The average molecular weight is 374 g/mol. The van der Waals surface area contributed by atoms with Crippen molar-refractivity contribution in [1.82, 2.24) is 20.3 Å². The summed E-state index contributed by atoms with van der Waals surface area (Å²) in [5.41, 5.74) is 1.29. The molecule has 0 saturated carbocycles. The number of aromatic nitrogens is 3. The molecule has 0 bridgehead atoms. The highest BCUT2D eigenvalue weighted by atomic mass is 32.2. The van der Waals surface area contributed by atoms with E-state index in [4.69, 9.17) is 9.47 Å². The third-order valence-corrected chi connectivity index (χ3v) is 5.82. The Bertz CT molecular complexity index is 783. The number of nitrogens with zero attached hydrogens (tertiary/aromatic N) is 3. The highest BCUT2D eigenvalue weighted by molar-refractivity contribution is 7.99. The second kappa shape index (κ2) is 7.19. The van der Waals surface area contributed by atoms with Crippen LogP contribution in [0, 0.1) is 5.41 Å². The molecule has 0 aliphatic carbocycles. The van der Waals surface area contributed by atoms with Gasteiger partial charge in [0.15, 0.2) is 11.5 Å². The Kier molecular flexibility index (Phi) is 4.76. The van der Waals surface area contributed by atoms with E-state index in [9.17, 15) is 4.79 Å². The van der Waals surface area contributed by atoms with Crippen molar-refractivity contribution >= 4 is 17.7 Å². The van der Waals surface area contributed by atoms with E-state index >= 15 is 0 Å². The third-order valence-electron chi connectivity index (χ3n) is 4.94. The number of fused-ring (bicyclic) bond motifs is 1. The Morgan fingerprint density at radius 1 is 1.35 bits per heavy atom. The van der Waals surface area contributed by atoms with E-state index < -0.39 is 0 Å². The molecule has 1 aromatic heterocycles. The van der Waals surface area contributed by atoms with Gasteiger partial charge in [-0.25, -0.2) is 0 Å². The molecule has 2 aliphatic rings. The summed E-state index contributed by atoms with van der Waals surface area (Å²) in [5.74, 6) is 2.69. The van der Waals surface area contributed by atoms with Crippen LogP contribution in [0.5, 0.6) is 11.5 Å². The van der Waals surface area contributed by atoms with Crippen LogP contribution in [0.15, 0.2) is 29.4 Å². The third kappa shape index (κ3) is 3.80. The number of thioether (sulfide) groups is 1. The van der Waals surface area contributed by atoms with Gasteiger partial charge in [-0.1, -0.05) is 13.0 Å². The van der Waals surface area contributed by atoms with E-state index in [1.165, 1.54) is 5.56 Å². The van der Waals surface area contributed by atoms with Crippen molar-refractivity contribution < 1.29 is 14.3 Å². The number of hydrogen-bond donors (Lipinski definition) is 1. The second-order valence-electron chi connectivity index (χ2n) is 7.15. The standard InChI is InChI=1S/C18H22N4O3S/c1-18(9-13-2-3-14-15(8-13)25-12-24-14)5-4-17(23)22(11-18)6-7-26-16-10-19-21-20-16/h2-3,8,10H,4-7,9,11-12H2,1H3,(H,19,20,21)/t18-/m1/s1. The first kappa shape index (κ1) is 17.2. The highest BCUT2D eigenvalue weighted by Gasteiger charge is 2.35. The van der Waals surface area contributed by atoms with Gasteiger partial charge in [0.1, 0.15) is 5.03 Å². The van der Waals surface area contributed by atoms with E-state index in [1.807, 2.05) is 11.0 Å². The van der Waals surface area contributed by atoms with Crippen LogP contribution in [-0.4, -0.2) is 51.9 Å². The topological polar surface area (TPSA) is 80.3 Å². The van der Waals surface area contributed by atoms with Gasteiger partial charge in [0.2, 0.25) is 12.7 Å². The predicted octanol–water partition coefficient (Wildman–Crippen LogP) is 2.50. The van der Waals surface area contributed by atoms with Crippen molar-refractivity contribution in [2.75, 3.05) is 25.6 Å². The van der Waals surface area contributed by atoms with Gasteiger partial charge in [-0.3, -0.25) is 4.79 Å². The van der Waals surface area contributed by atoms with Crippen LogP contribution >= 0.6 is 11.8 Å². The van der Waals surface area contributed by atoms with Crippen LogP contribution in [0.3, 0.4) is 0 Å². The Labute approximate surface area is 156 Å². The molecular formula is C18H22N4O3S. The van der Waals surface area contributed by atoms with Crippen molar-refractivity contribution in [2.24, 2.45) is 5.41 Å². The minimum Gasteiger partial charge on any atom is -0.454 e. The molecular weight excluding hydrogens is 352 g/mol. The van der Waals surface area contributed by atoms with Gasteiger partial charge >= 0.3 is 0 Å². The highest BCUT2D eigenvalue weighted by Crippen LogP contribution is 2.38. The van der Waals surface area contributed by atoms with Crippen LogP contribution < -0.4 is 9.47 Å². The van der Waals surface area contributed by atoms with Crippen LogP contribution in [-0.2, 0) is 11.2 Å². The summed E-state index contributed by atoms with van der Waals surface area (Å²) in [5, 5.41) is 11.3. The summed E-state index contributed by atoms with van der Waals surface area (Å²) in [6.07, 6.45) is 4.14. The summed E-state index contributed by atoms with van der Waals surface area (Å²) in [6.45, 7) is 4.07. The van der Waals surface area contributed by atoms with Gasteiger partial charge in [-0.05, 0) is 36.0 Å². The van der Waals surface area contributed by atoms with Crippen molar-refractivity contribution in [1.29, 1.82) is 0 Å². The number of ether oxygens (including phenoxy) is 2. The lowest BCUT2D eigenvalue weighted by Gasteiger charge is -2.40. The van der Waals surface area contributed by atoms with Gasteiger partial charge in [0.25, 0.3) is 0 Å². The normalized spacial score (nSPS) is 22.0. The fourth-order valence-electron chi connectivity index (χ4n) is 3.61. The van der Waals surface area contributed by atoms with Crippen molar-refractivity contribution in [3.8, 4) is 11.5 Å². The average Bonchev–Trinajstić information content (AvgIpc) is 3.29. The first-order valence-electron chi connectivity index (χ1n) is 8.76. The lowest BCUT2D eigenvalue weighted by atomic mass is 9.76. The summed E-state index contributed by atoms with van der Waals surface area (Å²) in [6, 6.07) is 6.13. The molecule has 1 N–H and O–H groups in total. The molecule has 8 heteroatoms. The number of carbonyl (C=O) groups is 1. The SMILES string of the molecule is C[C@]1(Cc2ccc3c(c2)OCO3)CCC(=O)N(CCSc2cn[nH]n2)C1. The summed E-state index contributed by atoms with van der Waals surface area (Å²) in [4.78, 5) is 14.3. The van der Waals surface area contributed by atoms with Gasteiger partial charge in [0.05, 0.1) is 6.20 Å². The maximum absolute atomic E-state index is 12.3. The number of rotatable bonds is 6. The van der Waals surface area contributed by atoms with Gasteiger partial charge in [-0.2, -0.15) is 10.3 Å². The lowest BCUT2D eigenvalue weighted by molar-refractivity contribution is -0.136. The Hall–Kier alpha value is -2.22. The van der Waals surface area contributed by atoms with Crippen LogP contribution in [0.2, 0.25) is 0 Å². The number of carbonyl (C=O) groups excluding carboxylic acids is 1. The quantitative estimate of drug-likeness (QED) is 0.783. The summed E-state index contributed by atoms with van der Waals surface area (Å²) < 4.78 is 10.9. The maximum Gasteiger partial charge on any atom is 0.231 e. The number of benzene rings is 1. The fraction of sp³-hybridized carbons (Fsp3) is 0.500. The monoisotopic (exact) mass is 374 g/mol. The van der Waals surface area contributed by atoms with Gasteiger partial charge < -0.3 is 14.4 Å². The zero-order valence-corrected chi connectivity index (χ0v) is 15.6. The van der Waals surface area contributed by atoms with E-state index in [-0.39, 0.29) is 11.3 Å². The number of amides is 1. The number of aromatic amines is 1. The van der Waals surface area contributed by atoms with E-state index in [0.717, 1.165) is 48.2 Å². The molecule has 4 rings (SSSR count). The summed E-state index contributed by atoms with van der Waals surface area (Å²) in [7, 11) is 0. The largest absolute Gasteiger partial charge is 0.454 e. The minimum absolute atomic E-state index is 0.0696. The molecule has 138 valence electrons. The van der Waals surface area contributed by atoms with Gasteiger partial charge in [0, 0.05) is 25.3 Å². The van der Waals surface area contributed by atoms with Crippen molar-refractivity contribution in [3.05, 3.63) is 30.0 Å². The Balaban J connectivity index is 1.37. The van der Waals surface area contributed by atoms with Gasteiger partial charge in [-0.15, -0.1) is 16.9 Å². The first-order valence-corrected chi connectivity index (χ1v) is 9.75. The molecule has 3 heterocycles.